The number of nitrogens with one attached hydrogen (secondary N) is 1. The van der Waals surface area contributed by atoms with Gasteiger partial charge in [0.05, 0.1) is 6.61 Å². The predicted octanol–water partition coefficient (Wildman–Crippen LogP) is 3.12. The zero-order valence-corrected chi connectivity index (χ0v) is 10.8. The van der Waals surface area contributed by atoms with Gasteiger partial charge in [-0.2, -0.15) is 0 Å². The lowest BCUT2D eigenvalue weighted by Crippen LogP contribution is -2.50. The Balaban J connectivity index is 1.72. The minimum Gasteiger partial charge on any atom is -0.380 e. The molecular formula is C14H27NO. The van der Waals surface area contributed by atoms with E-state index in [4.69, 9.17) is 4.74 Å². The zero-order valence-electron chi connectivity index (χ0n) is 10.8. The topological polar surface area (TPSA) is 21.3 Å². The molecule has 1 heterocycles. The lowest BCUT2D eigenvalue weighted by Gasteiger charge is -2.35. The van der Waals surface area contributed by atoms with Gasteiger partial charge in [-0.1, -0.05) is 25.7 Å². The maximum Gasteiger partial charge on any atom is 0.0645 e. The van der Waals surface area contributed by atoms with Crippen LogP contribution in [0.2, 0.25) is 0 Å². The van der Waals surface area contributed by atoms with Crippen LogP contribution >= 0.6 is 0 Å². The van der Waals surface area contributed by atoms with E-state index in [1.807, 2.05) is 0 Å². The molecule has 1 saturated heterocycles. The zero-order chi connectivity index (χ0) is 11.3. The van der Waals surface area contributed by atoms with Gasteiger partial charge < -0.3 is 10.1 Å². The highest BCUT2D eigenvalue weighted by molar-refractivity contribution is 4.86. The van der Waals surface area contributed by atoms with E-state index >= 15 is 0 Å². The lowest BCUT2D eigenvalue weighted by atomic mass is 9.92. The third kappa shape index (κ3) is 3.74. The standard InChI is InChI=1S/C14H27NO/c1-14(9-6-10-16-12-14)15-11-13-7-4-2-3-5-8-13/h13,15H,2-12H2,1H3. The van der Waals surface area contributed by atoms with Crippen molar-refractivity contribution in [3.63, 3.8) is 0 Å². The molecular weight excluding hydrogens is 198 g/mol. The van der Waals surface area contributed by atoms with E-state index < -0.39 is 0 Å². The first-order chi connectivity index (χ1) is 7.79. The Morgan fingerprint density at radius 2 is 1.88 bits per heavy atom. The van der Waals surface area contributed by atoms with Crippen LogP contribution in [0.1, 0.15) is 58.3 Å². The van der Waals surface area contributed by atoms with E-state index in [9.17, 15) is 0 Å². The van der Waals surface area contributed by atoms with Gasteiger partial charge in [0.25, 0.3) is 0 Å². The Hall–Kier alpha value is -0.0800. The molecule has 1 aliphatic carbocycles. The van der Waals surface area contributed by atoms with Crippen LogP contribution in [0.4, 0.5) is 0 Å². The molecule has 1 aliphatic heterocycles. The fourth-order valence-electron chi connectivity index (χ4n) is 3.03. The first-order valence-corrected chi connectivity index (χ1v) is 7.11. The summed E-state index contributed by atoms with van der Waals surface area (Å²) in [6.07, 6.45) is 11.2. The van der Waals surface area contributed by atoms with E-state index in [-0.39, 0.29) is 5.54 Å². The molecule has 0 bridgehead atoms. The molecule has 0 spiro atoms. The molecule has 0 amide bonds. The quantitative estimate of drug-likeness (QED) is 0.745. The fraction of sp³-hybridized carbons (Fsp3) is 1.00. The van der Waals surface area contributed by atoms with Gasteiger partial charge in [-0.05, 0) is 45.1 Å². The summed E-state index contributed by atoms with van der Waals surface area (Å²) in [5, 5.41) is 3.77. The summed E-state index contributed by atoms with van der Waals surface area (Å²) >= 11 is 0. The Kier molecular flexibility index (Phi) is 4.66. The average molecular weight is 225 g/mol. The van der Waals surface area contributed by atoms with Crippen molar-refractivity contribution in [2.45, 2.75) is 63.8 Å². The van der Waals surface area contributed by atoms with Gasteiger partial charge in [0, 0.05) is 12.1 Å². The summed E-state index contributed by atoms with van der Waals surface area (Å²) in [6, 6.07) is 0. The van der Waals surface area contributed by atoms with Gasteiger partial charge >= 0.3 is 0 Å². The number of hydrogen-bond donors (Lipinski definition) is 1. The molecule has 94 valence electrons. The molecule has 2 heteroatoms. The molecule has 2 fully saturated rings. The highest BCUT2D eigenvalue weighted by Gasteiger charge is 2.27. The second kappa shape index (κ2) is 6.02. The van der Waals surface area contributed by atoms with Crippen molar-refractivity contribution < 1.29 is 4.74 Å². The van der Waals surface area contributed by atoms with Crippen LogP contribution in [0.25, 0.3) is 0 Å². The molecule has 0 radical (unpaired) electrons. The van der Waals surface area contributed by atoms with E-state index in [1.54, 1.807) is 0 Å². The lowest BCUT2D eigenvalue weighted by molar-refractivity contribution is 0.0266. The van der Waals surface area contributed by atoms with Crippen molar-refractivity contribution in [2.75, 3.05) is 19.8 Å². The molecule has 0 aromatic heterocycles. The second-order valence-electron chi connectivity index (χ2n) is 5.96. The predicted molar refractivity (Wildman–Crippen MR) is 67.7 cm³/mol. The molecule has 1 N–H and O–H groups in total. The first-order valence-electron chi connectivity index (χ1n) is 7.11. The Labute approximate surface area is 100 Å². The van der Waals surface area contributed by atoms with Gasteiger partial charge in [0.15, 0.2) is 0 Å². The largest absolute Gasteiger partial charge is 0.380 e. The van der Waals surface area contributed by atoms with Crippen molar-refractivity contribution in [1.29, 1.82) is 0 Å². The second-order valence-corrected chi connectivity index (χ2v) is 5.96. The van der Waals surface area contributed by atoms with Gasteiger partial charge in [-0.3, -0.25) is 0 Å². The summed E-state index contributed by atoms with van der Waals surface area (Å²) in [5.74, 6) is 0.918. The van der Waals surface area contributed by atoms with Crippen LogP contribution in [0.3, 0.4) is 0 Å². The highest BCUT2D eigenvalue weighted by Crippen LogP contribution is 2.24. The minimum absolute atomic E-state index is 0.255. The van der Waals surface area contributed by atoms with Gasteiger partial charge in [0.2, 0.25) is 0 Å². The van der Waals surface area contributed by atoms with Gasteiger partial charge in [0.1, 0.15) is 0 Å². The molecule has 1 unspecified atom stereocenters. The minimum atomic E-state index is 0.255. The molecule has 1 atom stereocenters. The number of hydrogen-bond acceptors (Lipinski definition) is 2. The Bertz CT molecular complexity index is 191. The SMILES string of the molecule is CC1(NCC2CCCCCC2)CCCOC1. The van der Waals surface area contributed by atoms with Crippen LogP contribution in [0.15, 0.2) is 0 Å². The Morgan fingerprint density at radius 1 is 1.12 bits per heavy atom. The maximum atomic E-state index is 5.59. The van der Waals surface area contributed by atoms with Gasteiger partial charge in [-0.25, -0.2) is 0 Å². The molecule has 2 rings (SSSR count). The summed E-state index contributed by atoms with van der Waals surface area (Å²) in [4.78, 5) is 0. The van der Waals surface area contributed by atoms with Gasteiger partial charge in [-0.15, -0.1) is 0 Å². The fourth-order valence-corrected chi connectivity index (χ4v) is 3.03. The third-order valence-corrected chi connectivity index (χ3v) is 4.23. The van der Waals surface area contributed by atoms with Crippen molar-refractivity contribution in [3.8, 4) is 0 Å². The summed E-state index contributed by atoms with van der Waals surface area (Å²) < 4.78 is 5.59. The maximum absolute atomic E-state index is 5.59. The molecule has 2 nitrogen and oxygen atoms in total. The number of rotatable bonds is 3. The molecule has 0 aromatic rings. The van der Waals surface area contributed by atoms with Crippen molar-refractivity contribution in [1.82, 2.24) is 5.32 Å². The summed E-state index contributed by atoms with van der Waals surface area (Å²) in [5.41, 5.74) is 0.255. The highest BCUT2D eigenvalue weighted by atomic mass is 16.5. The monoisotopic (exact) mass is 225 g/mol. The normalized spacial score (nSPS) is 33.6. The summed E-state index contributed by atoms with van der Waals surface area (Å²) in [6.45, 7) is 5.39. The first kappa shape index (κ1) is 12.4. The van der Waals surface area contributed by atoms with Crippen LogP contribution < -0.4 is 5.32 Å². The molecule has 2 aliphatic rings. The van der Waals surface area contributed by atoms with E-state index in [2.05, 4.69) is 12.2 Å². The van der Waals surface area contributed by atoms with Crippen LogP contribution in [-0.2, 0) is 4.74 Å². The van der Waals surface area contributed by atoms with Crippen molar-refractivity contribution in [3.05, 3.63) is 0 Å². The Morgan fingerprint density at radius 3 is 2.50 bits per heavy atom. The molecule has 0 aromatic carbocycles. The average Bonchev–Trinajstić information content (AvgIpc) is 2.56. The molecule has 16 heavy (non-hydrogen) atoms. The third-order valence-electron chi connectivity index (χ3n) is 4.23. The smallest absolute Gasteiger partial charge is 0.0645 e. The van der Waals surface area contributed by atoms with Crippen molar-refractivity contribution in [2.24, 2.45) is 5.92 Å². The van der Waals surface area contributed by atoms with E-state index in [0.717, 1.165) is 19.1 Å². The van der Waals surface area contributed by atoms with Crippen LogP contribution in [0.5, 0.6) is 0 Å². The molecule has 1 saturated carbocycles. The number of ether oxygens (including phenoxy) is 1. The van der Waals surface area contributed by atoms with Crippen LogP contribution in [0, 0.1) is 5.92 Å². The van der Waals surface area contributed by atoms with Crippen molar-refractivity contribution >= 4 is 0 Å². The van der Waals surface area contributed by atoms with Crippen LogP contribution in [-0.4, -0.2) is 25.3 Å². The van der Waals surface area contributed by atoms with E-state index in [0.29, 0.717) is 0 Å². The summed E-state index contributed by atoms with van der Waals surface area (Å²) in [7, 11) is 0. The van der Waals surface area contributed by atoms with E-state index in [1.165, 1.54) is 57.9 Å².